The van der Waals surface area contributed by atoms with Crippen LogP contribution in [0.5, 0.6) is 0 Å². The standard InChI is InChI=1S/C13H21NO2S/c1-4-6-10(11-7-5-8-17-11)14-9-13(2,3)12(15)16/h5,7-8,10,14H,4,6,9H2,1-3H3,(H,15,16). The fourth-order valence-corrected chi connectivity index (χ4v) is 2.41. The van der Waals surface area contributed by atoms with Crippen LogP contribution in [0.25, 0.3) is 0 Å². The van der Waals surface area contributed by atoms with E-state index in [1.54, 1.807) is 25.2 Å². The third-order valence-electron chi connectivity index (χ3n) is 2.83. The number of hydrogen-bond donors (Lipinski definition) is 2. The fourth-order valence-electron chi connectivity index (χ4n) is 1.58. The second kappa shape index (κ2) is 6.17. The molecule has 0 aliphatic heterocycles. The summed E-state index contributed by atoms with van der Waals surface area (Å²) in [6, 6.07) is 4.41. The number of carboxylic acid groups (broad SMARTS) is 1. The Morgan fingerprint density at radius 2 is 2.29 bits per heavy atom. The number of nitrogens with one attached hydrogen (secondary N) is 1. The molecule has 4 heteroatoms. The van der Waals surface area contributed by atoms with E-state index in [-0.39, 0.29) is 6.04 Å². The highest BCUT2D eigenvalue weighted by Crippen LogP contribution is 2.24. The van der Waals surface area contributed by atoms with Crippen LogP contribution in [-0.4, -0.2) is 17.6 Å². The fraction of sp³-hybridized carbons (Fsp3) is 0.615. The molecule has 0 radical (unpaired) electrons. The van der Waals surface area contributed by atoms with Crippen molar-refractivity contribution in [3.8, 4) is 0 Å². The van der Waals surface area contributed by atoms with Gasteiger partial charge in [0, 0.05) is 17.5 Å². The average molecular weight is 255 g/mol. The average Bonchev–Trinajstić information content (AvgIpc) is 2.77. The molecule has 3 nitrogen and oxygen atoms in total. The van der Waals surface area contributed by atoms with Gasteiger partial charge < -0.3 is 10.4 Å². The Labute approximate surface area is 107 Å². The first kappa shape index (κ1) is 14.2. The quantitative estimate of drug-likeness (QED) is 0.786. The summed E-state index contributed by atoms with van der Waals surface area (Å²) in [6.45, 7) is 6.13. The minimum absolute atomic E-state index is 0.277. The van der Waals surface area contributed by atoms with Gasteiger partial charge in [-0.2, -0.15) is 0 Å². The minimum atomic E-state index is -0.758. The van der Waals surface area contributed by atoms with E-state index in [2.05, 4.69) is 23.7 Å². The lowest BCUT2D eigenvalue weighted by molar-refractivity contribution is -0.146. The van der Waals surface area contributed by atoms with E-state index in [1.807, 2.05) is 6.07 Å². The zero-order chi connectivity index (χ0) is 12.9. The zero-order valence-electron chi connectivity index (χ0n) is 10.7. The van der Waals surface area contributed by atoms with Gasteiger partial charge >= 0.3 is 5.97 Å². The smallest absolute Gasteiger partial charge is 0.310 e. The molecule has 2 N–H and O–H groups in total. The predicted octanol–water partition coefficient (Wildman–Crippen LogP) is 3.29. The molecule has 1 aromatic rings. The molecular weight excluding hydrogens is 234 g/mol. The molecule has 1 heterocycles. The lowest BCUT2D eigenvalue weighted by Gasteiger charge is -2.24. The molecule has 0 spiro atoms. The lowest BCUT2D eigenvalue weighted by atomic mass is 9.93. The Balaban J connectivity index is 2.60. The van der Waals surface area contributed by atoms with E-state index in [0.717, 1.165) is 12.8 Å². The van der Waals surface area contributed by atoms with Crippen LogP contribution in [0.1, 0.15) is 44.5 Å². The molecule has 0 bridgehead atoms. The van der Waals surface area contributed by atoms with Crippen LogP contribution in [0.3, 0.4) is 0 Å². The summed E-state index contributed by atoms with van der Waals surface area (Å²) in [7, 11) is 0. The van der Waals surface area contributed by atoms with Gasteiger partial charge in [0.2, 0.25) is 0 Å². The van der Waals surface area contributed by atoms with Crippen LogP contribution in [-0.2, 0) is 4.79 Å². The Morgan fingerprint density at radius 1 is 1.59 bits per heavy atom. The minimum Gasteiger partial charge on any atom is -0.481 e. The van der Waals surface area contributed by atoms with Crippen molar-refractivity contribution in [2.24, 2.45) is 5.41 Å². The number of thiophene rings is 1. The first-order chi connectivity index (χ1) is 7.97. The van der Waals surface area contributed by atoms with Crippen LogP contribution in [0.2, 0.25) is 0 Å². The van der Waals surface area contributed by atoms with Crippen molar-refractivity contribution in [1.29, 1.82) is 0 Å². The molecule has 0 saturated heterocycles. The number of carboxylic acids is 1. The highest BCUT2D eigenvalue weighted by Gasteiger charge is 2.28. The SMILES string of the molecule is CCCC(NCC(C)(C)C(=O)O)c1cccs1. The molecule has 1 aromatic heterocycles. The van der Waals surface area contributed by atoms with Crippen molar-refractivity contribution >= 4 is 17.3 Å². The maximum atomic E-state index is 11.0. The molecule has 1 unspecified atom stereocenters. The van der Waals surface area contributed by atoms with E-state index in [4.69, 9.17) is 5.11 Å². The molecule has 1 atom stereocenters. The van der Waals surface area contributed by atoms with Crippen molar-refractivity contribution < 1.29 is 9.90 Å². The second-order valence-electron chi connectivity index (χ2n) is 4.93. The molecular formula is C13H21NO2S. The molecule has 96 valence electrons. The Bertz CT molecular complexity index is 346. The number of aliphatic carboxylic acids is 1. The largest absolute Gasteiger partial charge is 0.481 e. The third-order valence-corrected chi connectivity index (χ3v) is 3.82. The Morgan fingerprint density at radius 3 is 2.76 bits per heavy atom. The number of hydrogen-bond acceptors (Lipinski definition) is 3. The van der Waals surface area contributed by atoms with Gasteiger partial charge in [-0.1, -0.05) is 19.4 Å². The summed E-state index contributed by atoms with van der Waals surface area (Å²) in [5.41, 5.74) is -0.719. The van der Waals surface area contributed by atoms with E-state index in [1.165, 1.54) is 4.88 Å². The van der Waals surface area contributed by atoms with Crippen LogP contribution in [0.15, 0.2) is 17.5 Å². The number of carbonyl (C=O) groups is 1. The van der Waals surface area contributed by atoms with E-state index in [0.29, 0.717) is 6.54 Å². The summed E-state index contributed by atoms with van der Waals surface area (Å²) in [6.07, 6.45) is 2.12. The van der Waals surface area contributed by atoms with Crippen molar-refractivity contribution in [2.75, 3.05) is 6.54 Å². The summed E-state index contributed by atoms with van der Waals surface area (Å²) >= 11 is 1.72. The number of rotatable bonds is 7. The maximum Gasteiger partial charge on any atom is 0.310 e. The lowest BCUT2D eigenvalue weighted by Crippen LogP contribution is -2.37. The van der Waals surface area contributed by atoms with Crippen LogP contribution in [0, 0.1) is 5.41 Å². The van der Waals surface area contributed by atoms with Gasteiger partial charge in [0.1, 0.15) is 0 Å². The Kier molecular flexibility index (Phi) is 5.15. The maximum absolute atomic E-state index is 11.0. The molecule has 17 heavy (non-hydrogen) atoms. The molecule has 0 fully saturated rings. The van der Waals surface area contributed by atoms with Crippen molar-refractivity contribution in [3.63, 3.8) is 0 Å². The third kappa shape index (κ3) is 4.13. The van der Waals surface area contributed by atoms with Gasteiger partial charge in [-0.3, -0.25) is 4.79 Å². The van der Waals surface area contributed by atoms with E-state index in [9.17, 15) is 4.79 Å². The van der Waals surface area contributed by atoms with E-state index >= 15 is 0 Å². The molecule has 0 aliphatic rings. The van der Waals surface area contributed by atoms with Gasteiger partial charge in [0.25, 0.3) is 0 Å². The molecule has 0 saturated carbocycles. The monoisotopic (exact) mass is 255 g/mol. The summed E-state index contributed by atoms with van der Waals surface area (Å²) in [4.78, 5) is 12.3. The van der Waals surface area contributed by atoms with E-state index < -0.39 is 11.4 Å². The van der Waals surface area contributed by atoms with Gasteiger partial charge in [-0.15, -0.1) is 11.3 Å². The topological polar surface area (TPSA) is 49.3 Å². The highest BCUT2D eigenvalue weighted by molar-refractivity contribution is 7.10. The van der Waals surface area contributed by atoms with Crippen molar-refractivity contribution in [1.82, 2.24) is 5.32 Å². The van der Waals surface area contributed by atoms with Crippen molar-refractivity contribution in [2.45, 2.75) is 39.7 Å². The second-order valence-corrected chi connectivity index (χ2v) is 5.91. The zero-order valence-corrected chi connectivity index (χ0v) is 11.5. The Hall–Kier alpha value is -0.870. The van der Waals surface area contributed by atoms with Gasteiger partial charge in [0.05, 0.1) is 5.41 Å². The summed E-state index contributed by atoms with van der Waals surface area (Å²) in [5, 5.41) is 14.5. The van der Waals surface area contributed by atoms with Crippen LogP contribution < -0.4 is 5.32 Å². The first-order valence-electron chi connectivity index (χ1n) is 5.97. The first-order valence-corrected chi connectivity index (χ1v) is 6.85. The van der Waals surface area contributed by atoms with Gasteiger partial charge in [-0.05, 0) is 31.7 Å². The summed E-state index contributed by atoms with van der Waals surface area (Å²) < 4.78 is 0. The van der Waals surface area contributed by atoms with Crippen LogP contribution in [0.4, 0.5) is 0 Å². The molecule has 1 rings (SSSR count). The van der Waals surface area contributed by atoms with Gasteiger partial charge in [-0.25, -0.2) is 0 Å². The van der Waals surface area contributed by atoms with Crippen LogP contribution >= 0.6 is 11.3 Å². The normalized spacial score (nSPS) is 13.6. The summed E-state index contributed by atoms with van der Waals surface area (Å²) in [5.74, 6) is -0.758. The predicted molar refractivity (Wildman–Crippen MR) is 71.4 cm³/mol. The van der Waals surface area contributed by atoms with Gasteiger partial charge in [0.15, 0.2) is 0 Å². The van der Waals surface area contributed by atoms with Crippen molar-refractivity contribution in [3.05, 3.63) is 22.4 Å². The molecule has 0 amide bonds. The molecule has 0 aromatic carbocycles. The molecule has 0 aliphatic carbocycles. The highest BCUT2D eigenvalue weighted by atomic mass is 32.1.